The molecule has 18 nitrogen and oxygen atoms in total. The van der Waals surface area contributed by atoms with Gasteiger partial charge >= 0.3 is 0 Å². The van der Waals surface area contributed by atoms with Gasteiger partial charge in [-0.1, -0.05) is 70.4 Å². The Hall–Kier alpha value is -6.60. The number of pyridine rings is 1. The van der Waals surface area contributed by atoms with Crippen LogP contribution in [-0.2, 0) is 30.5 Å². The predicted molar refractivity (Wildman–Crippen MR) is 284 cm³/mol. The Morgan fingerprint density at radius 3 is 2.28 bits per heavy atom. The molecule has 3 saturated heterocycles. The summed E-state index contributed by atoms with van der Waals surface area (Å²) in [4.78, 5) is 96.0. The van der Waals surface area contributed by atoms with Crippen LogP contribution in [0.4, 0.5) is 5.82 Å². The number of aromatic nitrogens is 4. The number of aliphatic hydroxyl groups excluding tert-OH is 1. The minimum atomic E-state index is -0.914. The number of hydrogen-bond donors (Lipinski definition) is 4. The van der Waals surface area contributed by atoms with Crippen molar-refractivity contribution in [1.82, 2.24) is 50.8 Å². The molecule has 3 fully saturated rings. The maximum atomic E-state index is 14.1. The molecule has 0 saturated carbocycles. The number of aliphatic hydroxyl groups is 1. The van der Waals surface area contributed by atoms with Gasteiger partial charge in [0.1, 0.15) is 12.1 Å². The van der Waals surface area contributed by atoms with Crippen molar-refractivity contribution in [3.63, 3.8) is 0 Å². The first-order valence-corrected chi connectivity index (χ1v) is 27.1. The van der Waals surface area contributed by atoms with Gasteiger partial charge < -0.3 is 40.7 Å². The van der Waals surface area contributed by atoms with E-state index >= 15 is 0 Å². The van der Waals surface area contributed by atoms with Crippen molar-refractivity contribution >= 4 is 58.7 Å². The normalized spacial score (nSPS) is 17.9. The molecule has 4 aromatic rings. The molecule has 0 radical (unpaired) electrons. The van der Waals surface area contributed by atoms with Gasteiger partial charge in [-0.25, -0.2) is 4.98 Å². The van der Waals surface area contributed by atoms with Crippen LogP contribution in [-0.4, -0.2) is 146 Å². The third kappa shape index (κ3) is 15.7. The number of nitrogens with zero attached hydrogens (tertiary/aromatic N) is 8. The van der Waals surface area contributed by atoms with E-state index in [0.717, 1.165) is 59.4 Å². The number of benzene rings is 1. The lowest BCUT2D eigenvalue weighted by Gasteiger charge is -2.35. The van der Waals surface area contributed by atoms with Gasteiger partial charge in [-0.2, -0.15) is 0 Å². The summed E-state index contributed by atoms with van der Waals surface area (Å²) in [5, 5.41) is 28.1. The largest absolute Gasteiger partial charge is 0.391 e. The zero-order chi connectivity index (χ0) is 52.6. The number of hydrogen-bond acceptors (Lipinski definition) is 13. The van der Waals surface area contributed by atoms with Crippen LogP contribution in [0.5, 0.6) is 0 Å². The average Bonchev–Trinajstić information content (AvgIpc) is 4.03. The van der Waals surface area contributed by atoms with Crippen molar-refractivity contribution in [3.05, 3.63) is 95.0 Å². The number of unbranched alkanes of at least 4 members (excludes halogenated alkanes) is 3. The minimum Gasteiger partial charge on any atom is -0.391 e. The summed E-state index contributed by atoms with van der Waals surface area (Å²) in [6.07, 6.45) is 13.2. The maximum Gasteiger partial charge on any atom is 0.274 e. The highest BCUT2D eigenvalue weighted by Gasteiger charge is 2.44. The highest BCUT2D eigenvalue weighted by atomic mass is 32.1. The number of β-amino-alcohol motifs (C(OH)–C–C–N with tert-alkyl or cyclic N) is 1. The topological polar surface area (TPSA) is 223 Å². The third-order valence-corrected chi connectivity index (χ3v) is 15.2. The van der Waals surface area contributed by atoms with Crippen molar-refractivity contribution in [2.45, 2.75) is 123 Å². The fourth-order valence-corrected chi connectivity index (χ4v) is 10.6. The van der Waals surface area contributed by atoms with Gasteiger partial charge in [0.15, 0.2) is 11.5 Å². The van der Waals surface area contributed by atoms with Crippen LogP contribution in [0, 0.1) is 18.3 Å². The third-order valence-electron chi connectivity index (χ3n) is 14.2. The summed E-state index contributed by atoms with van der Waals surface area (Å²) < 4.78 is 0. The number of likely N-dealkylation sites (tertiary alicyclic amines) is 2. The van der Waals surface area contributed by atoms with Crippen LogP contribution in [0.25, 0.3) is 16.5 Å². The van der Waals surface area contributed by atoms with Gasteiger partial charge in [0, 0.05) is 96.6 Å². The molecular formula is C55H73N11O7S. The molecule has 6 amide bonds. The fraction of sp³-hybridized carbons (Fsp3) is 0.527. The highest BCUT2D eigenvalue weighted by Crippen LogP contribution is 2.29. The highest BCUT2D eigenvalue weighted by molar-refractivity contribution is 7.13. The number of nitrogens with one attached hydrogen (secondary N) is 3. The molecule has 3 aliphatic rings. The molecule has 19 heteroatoms. The van der Waals surface area contributed by atoms with Crippen molar-refractivity contribution in [1.29, 1.82) is 0 Å². The number of piperazine rings is 1. The number of amides is 6. The smallest absolute Gasteiger partial charge is 0.274 e. The zero-order valence-corrected chi connectivity index (χ0v) is 44.2. The zero-order valence-electron chi connectivity index (χ0n) is 43.3. The predicted octanol–water partition coefficient (Wildman–Crippen LogP) is 5.56. The Bertz CT molecular complexity index is 2540. The number of aryl methyl sites for hydroxylation is 1. The maximum absolute atomic E-state index is 14.1. The van der Waals surface area contributed by atoms with Gasteiger partial charge in [0.05, 0.1) is 22.2 Å². The molecule has 396 valence electrons. The molecule has 1 aromatic carbocycles. The molecule has 0 unspecified atom stereocenters. The van der Waals surface area contributed by atoms with Gasteiger partial charge in [-0.05, 0) is 91.3 Å². The van der Waals surface area contributed by atoms with Crippen LogP contribution in [0.1, 0.15) is 119 Å². The number of carbonyl (C=O) groups is 6. The quantitative estimate of drug-likeness (QED) is 0.0595. The Labute approximate surface area is 438 Å². The average molecular weight is 1030 g/mol. The minimum absolute atomic E-state index is 0.00261. The lowest BCUT2D eigenvalue weighted by atomic mass is 9.85. The molecule has 0 spiro atoms. The fourth-order valence-electron chi connectivity index (χ4n) is 9.76. The van der Waals surface area contributed by atoms with Crippen LogP contribution in [0.2, 0.25) is 0 Å². The summed E-state index contributed by atoms with van der Waals surface area (Å²) in [5.74, 6) is -0.00656. The number of carbonyl (C=O) groups excluding carboxylic acids is 6. The summed E-state index contributed by atoms with van der Waals surface area (Å²) in [5.41, 5.74) is 5.26. The Morgan fingerprint density at radius 1 is 0.851 bits per heavy atom. The summed E-state index contributed by atoms with van der Waals surface area (Å²) in [6.45, 7) is 12.1. The van der Waals surface area contributed by atoms with Crippen molar-refractivity contribution < 1.29 is 33.9 Å². The Kier molecular flexibility index (Phi) is 19.8. The summed E-state index contributed by atoms with van der Waals surface area (Å²) in [7, 11) is 0. The molecular weight excluding hydrogens is 959 g/mol. The number of thiazole rings is 1. The molecule has 0 aliphatic carbocycles. The van der Waals surface area contributed by atoms with E-state index in [1.807, 2.05) is 85.5 Å². The van der Waals surface area contributed by atoms with E-state index in [9.17, 15) is 33.9 Å². The van der Waals surface area contributed by atoms with Crippen molar-refractivity contribution in [2.24, 2.45) is 11.3 Å². The van der Waals surface area contributed by atoms with Crippen molar-refractivity contribution in [2.75, 3.05) is 57.3 Å². The van der Waals surface area contributed by atoms with E-state index in [4.69, 9.17) is 0 Å². The Balaban J connectivity index is 0.752. The monoisotopic (exact) mass is 1030 g/mol. The lowest BCUT2D eigenvalue weighted by Crippen LogP contribution is -2.57. The second-order valence-electron chi connectivity index (χ2n) is 20.8. The molecule has 3 aromatic heterocycles. The van der Waals surface area contributed by atoms with Crippen LogP contribution in [0.3, 0.4) is 0 Å². The SMILES string of the molecule is Cc1ncsc1-c1ccc(CNC(=O)[C@@H]2C[C@@H](O)CN2C(=O)[C@@H](NC(=O)CCCCCC(=O)N2CCN(c3ccc(C(=O)N4CCC(CCCCNC(=O)/C=C/c5cccnc5)CC4)nn3)CC2)C(C)(C)C)cc1. The first kappa shape index (κ1) is 55.2. The van der Waals surface area contributed by atoms with E-state index < -0.39 is 29.5 Å². The number of anilines is 1. The van der Waals surface area contributed by atoms with Gasteiger partial charge in [-0.15, -0.1) is 21.5 Å². The van der Waals surface area contributed by atoms with E-state index in [1.54, 1.807) is 35.9 Å². The second kappa shape index (κ2) is 26.6. The standard InChI is InChI=1S/C55H73N11O7S/c1-38-50(74-37-59-38)42-18-15-41(16-19-42)35-58-52(71)45-33-43(67)36-66(45)54(73)51(55(2,3)4)60-48(69)13-6-5-7-14-49(70)64-31-29-63(30-32-64)46-21-20-44(61-62-46)53(72)65-27-23-39(24-28-65)11-8-9-26-57-47(68)22-17-40-12-10-25-56-34-40/h10,12,15-22,25,34,37,39,43,45,51,67H,5-9,11,13-14,23-24,26-33,35-36H2,1-4H3,(H,57,68)(H,58,71)(H,60,69)/b22-17+/t43-,45+,51-/m1/s1. The van der Waals surface area contributed by atoms with E-state index in [1.165, 1.54) is 11.0 Å². The second-order valence-corrected chi connectivity index (χ2v) is 21.6. The first-order valence-electron chi connectivity index (χ1n) is 26.2. The molecule has 7 rings (SSSR count). The van der Waals surface area contributed by atoms with Crippen molar-refractivity contribution in [3.8, 4) is 10.4 Å². The summed E-state index contributed by atoms with van der Waals surface area (Å²) >= 11 is 1.57. The number of piperidine rings is 1. The van der Waals surface area contributed by atoms with Gasteiger partial charge in [0.2, 0.25) is 29.5 Å². The number of rotatable bonds is 21. The Morgan fingerprint density at radius 2 is 1.61 bits per heavy atom. The van der Waals surface area contributed by atoms with Crippen LogP contribution < -0.4 is 20.9 Å². The van der Waals surface area contributed by atoms with Crippen LogP contribution >= 0.6 is 11.3 Å². The lowest BCUT2D eigenvalue weighted by molar-refractivity contribution is -0.144. The molecule has 0 bridgehead atoms. The molecule has 4 N–H and O–H groups in total. The van der Waals surface area contributed by atoms with E-state index in [2.05, 4.69) is 41.0 Å². The van der Waals surface area contributed by atoms with E-state index in [-0.39, 0.29) is 55.5 Å². The molecule has 3 aliphatic heterocycles. The van der Waals surface area contributed by atoms with Crippen LogP contribution in [0.15, 0.2) is 72.5 Å². The molecule has 3 atom stereocenters. The van der Waals surface area contributed by atoms with Gasteiger partial charge in [0.25, 0.3) is 5.91 Å². The van der Waals surface area contributed by atoms with Gasteiger partial charge in [-0.3, -0.25) is 33.8 Å². The summed E-state index contributed by atoms with van der Waals surface area (Å²) in [6, 6.07) is 13.4. The molecule has 6 heterocycles. The van der Waals surface area contributed by atoms with E-state index in [0.29, 0.717) is 88.9 Å². The first-order chi connectivity index (χ1) is 35.6. The molecule has 74 heavy (non-hydrogen) atoms.